The highest BCUT2D eigenvalue weighted by Crippen LogP contribution is 2.24. The predicted molar refractivity (Wildman–Crippen MR) is 62.1 cm³/mol. The van der Waals surface area contributed by atoms with Crippen LogP contribution in [-0.4, -0.2) is 17.0 Å². The minimum absolute atomic E-state index is 0.773. The molecule has 0 atom stereocenters. The molecule has 0 spiro atoms. The topological polar surface area (TPSA) is 37.8 Å². The van der Waals surface area contributed by atoms with Crippen LogP contribution in [0.3, 0.4) is 0 Å². The van der Waals surface area contributed by atoms with E-state index in [1.807, 2.05) is 37.4 Å². The number of hydrogen-bond acceptors (Lipinski definition) is 4. The molecule has 2 aromatic rings. The molecule has 4 heteroatoms. The smallest absolute Gasteiger partial charge is 0.192 e. The van der Waals surface area contributed by atoms with E-state index in [-0.39, 0.29) is 0 Å². The van der Waals surface area contributed by atoms with Gasteiger partial charge in [0.2, 0.25) is 0 Å². The standard InChI is InChI=1S/C11H11N3S/c1-12-9-3-5-10(6-4-9)15-11-13-7-2-8-14-11/h2-8,12H,1H3. The summed E-state index contributed by atoms with van der Waals surface area (Å²) >= 11 is 1.56. The Labute approximate surface area is 93.0 Å². The lowest BCUT2D eigenvalue weighted by molar-refractivity contribution is 0.967. The van der Waals surface area contributed by atoms with Gasteiger partial charge in [0.15, 0.2) is 5.16 Å². The third-order valence-electron chi connectivity index (χ3n) is 1.89. The largest absolute Gasteiger partial charge is 0.388 e. The van der Waals surface area contributed by atoms with Gasteiger partial charge in [-0.15, -0.1) is 0 Å². The van der Waals surface area contributed by atoms with Gasteiger partial charge in [-0.1, -0.05) is 0 Å². The van der Waals surface area contributed by atoms with Crippen LogP contribution in [-0.2, 0) is 0 Å². The Hall–Kier alpha value is -1.55. The van der Waals surface area contributed by atoms with Crippen LogP contribution in [0.1, 0.15) is 0 Å². The molecule has 1 aromatic heterocycles. The predicted octanol–water partition coefficient (Wildman–Crippen LogP) is 2.67. The summed E-state index contributed by atoms with van der Waals surface area (Å²) in [5.74, 6) is 0. The Balaban J connectivity index is 2.11. The number of nitrogens with one attached hydrogen (secondary N) is 1. The van der Waals surface area contributed by atoms with E-state index < -0.39 is 0 Å². The Morgan fingerprint density at radius 2 is 1.73 bits per heavy atom. The second-order valence-corrected chi connectivity index (χ2v) is 3.95. The fourth-order valence-electron chi connectivity index (χ4n) is 1.13. The molecule has 2 rings (SSSR count). The van der Waals surface area contributed by atoms with Gasteiger partial charge in [-0.25, -0.2) is 9.97 Å². The van der Waals surface area contributed by atoms with E-state index in [1.54, 1.807) is 24.2 Å². The highest BCUT2D eigenvalue weighted by molar-refractivity contribution is 7.99. The fourth-order valence-corrected chi connectivity index (χ4v) is 1.84. The van der Waals surface area contributed by atoms with Gasteiger partial charge < -0.3 is 5.32 Å². The molecular weight excluding hydrogens is 206 g/mol. The van der Waals surface area contributed by atoms with Crippen molar-refractivity contribution in [2.75, 3.05) is 12.4 Å². The summed E-state index contributed by atoms with van der Waals surface area (Å²) in [6.07, 6.45) is 3.49. The van der Waals surface area contributed by atoms with Crippen molar-refractivity contribution in [2.24, 2.45) is 0 Å². The molecule has 76 valence electrons. The van der Waals surface area contributed by atoms with Gasteiger partial charge in [0.1, 0.15) is 0 Å². The Morgan fingerprint density at radius 3 is 2.33 bits per heavy atom. The first kappa shape index (κ1) is 9.98. The van der Waals surface area contributed by atoms with Gasteiger partial charge in [0.05, 0.1) is 0 Å². The van der Waals surface area contributed by atoms with E-state index in [0.717, 1.165) is 15.7 Å². The maximum Gasteiger partial charge on any atom is 0.192 e. The summed E-state index contributed by atoms with van der Waals surface area (Å²) in [7, 11) is 1.91. The molecule has 0 saturated heterocycles. The van der Waals surface area contributed by atoms with Crippen molar-refractivity contribution in [1.82, 2.24) is 9.97 Å². The molecule has 1 heterocycles. The maximum absolute atomic E-state index is 4.15. The van der Waals surface area contributed by atoms with Crippen LogP contribution >= 0.6 is 11.8 Å². The molecule has 0 aliphatic carbocycles. The first-order valence-electron chi connectivity index (χ1n) is 4.61. The van der Waals surface area contributed by atoms with Crippen molar-refractivity contribution in [3.05, 3.63) is 42.7 Å². The molecule has 0 saturated carbocycles. The van der Waals surface area contributed by atoms with Crippen LogP contribution in [0, 0.1) is 0 Å². The molecule has 0 unspecified atom stereocenters. The number of nitrogens with zero attached hydrogens (tertiary/aromatic N) is 2. The van der Waals surface area contributed by atoms with Gasteiger partial charge in [-0.05, 0) is 42.1 Å². The zero-order valence-electron chi connectivity index (χ0n) is 8.34. The lowest BCUT2D eigenvalue weighted by atomic mass is 10.3. The lowest BCUT2D eigenvalue weighted by Gasteiger charge is -2.01. The van der Waals surface area contributed by atoms with Crippen molar-refractivity contribution in [3.8, 4) is 0 Å². The van der Waals surface area contributed by atoms with E-state index >= 15 is 0 Å². The van der Waals surface area contributed by atoms with E-state index in [9.17, 15) is 0 Å². The van der Waals surface area contributed by atoms with E-state index in [2.05, 4.69) is 15.3 Å². The summed E-state index contributed by atoms with van der Waals surface area (Å²) in [5, 5.41) is 3.85. The van der Waals surface area contributed by atoms with E-state index in [0.29, 0.717) is 0 Å². The SMILES string of the molecule is CNc1ccc(Sc2ncccn2)cc1. The Bertz CT molecular complexity index is 414. The van der Waals surface area contributed by atoms with Crippen molar-refractivity contribution in [1.29, 1.82) is 0 Å². The molecule has 15 heavy (non-hydrogen) atoms. The van der Waals surface area contributed by atoms with Gasteiger partial charge in [-0.2, -0.15) is 0 Å². The van der Waals surface area contributed by atoms with Crippen molar-refractivity contribution in [3.63, 3.8) is 0 Å². The second-order valence-electron chi connectivity index (χ2n) is 2.91. The molecule has 0 bridgehead atoms. The average Bonchev–Trinajstić information content (AvgIpc) is 2.31. The zero-order chi connectivity index (χ0) is 10.5. The fraction of sp³-hybridized carbons (Fsp3) is 0.0909. The molecular formula is C11H11N3S. The maximum atomic E-state index is 4.15. The number of hydrogen-bond donors (Lipinski definition) is 1. The summed E-state index contributed by atoms with van der Waals surface area (Å²) < 4.78 is 0. The van der Waals surface area contributed by atoms with Crippen LogP contribution in [0.5, 0.6) is 0 Å². The Kier molecular flexibility index (Phi) is 3.19. The molecule has 0 fully saturated rings. The minimum atomic E-state index is 0.773. The minimum Gasteiger partial charge on any atom is -0.388 e. The second kappa shape index (κ2) is 4.79. The van der Waals surface area contributed by atoms with Gasteiger partial charge in [0, 0.05) is 30.0 Å². The third kappa shape index (κ3) is 2.70. The molecule has 0 aliphatic rings. The van der Waals surface area contributed by atoms with Crippen molar-refractivity contribution in [2.45, 2.75) is 10.1 Å². The number of anilines is 1. The first-order chi connectivity index (χ1) is 7.38. The molecule has 1 N–H and O–H groups in total. The quantitative estimate of drug-likeness (QED) is 0.802. The summed E-state index contributed by atoms with van der Waals surface area (Å²) in [6.45, 7) is 0. The first-order valence-corrected chi connectivity index (χ1v) is 5.43. The van der Waals surface area contributed by atoms with Gasteiger partial charge in [0.25, 0.3) is 0 Å². The van der Waals surface area contributed by atoms with E-state index in [1.165, 1.54) is 0 Å². The highest BCUT2D eigenvalue weighted by Gasteiger charge is 1.98. The van der Waals surface area contributed by atoms with Crippen LogP contribution < -0.4 is 5.32 Å². The summed E-state index contributed by atoms with van der Waals surface area (Å²) in [4.78, 5) is 9.44. The lowest BCUT2D eigenvalue weighted by Crippen LogP contribution is -1.87. The summed E-state index contributed by atoms with van der Waals surface area (Å²) in [6, 6.07) is 9.98. The normalized spacial score (nSPS) is 9.93. The Morgan fingerprint density at radius 1 is 1.07 bits per heavy atom. The molecule has 0 aliphatic heterocycles. The van der Waals surface area contributed by atoms with E-state index in [4.69, 9.17) is 0 Å². The van der Waals surface area contributed by atoms with Gasteiger partial charge >= 0.3 is 0 Å². The highest BCUT2D eigenvalue weighted by atomic mass is 32.2. The monoisotopic (exact) mass is 217 g/mol. The molecule has 1 aromatic carbocycles. The zero-order valence-corrected chi connectivity index (χ0v) is 9.16. The van der Waals surface area contributed by atoms with Crippen LogP contribution in [0.4, 0.5) is 5.69 Å². The number of rotatable bonds is 3. The molecule has 3 nitrogen and oxygen atoms in total. The molecule has 0 amide bonds. The van der Waals surface area contributed by atoms with Gasteiger partial charge in [-0.3, -0.25) is 0 Å². The number of aromatic nitrogens is 2. The summed E-state index contributed by atoms with van der Waals surface area (Å²) in [5.41, 5.74) is 1.10. The van der Waals surface area contributed by atoms with Crippen LogP contribution in [0.15, 0.2) is 52.8 Å². The van der Waals surface area contributed by atoms with Crippen LogP contribution in [0.25, 0.3) is 0 Å². The third-order valence-corrected chi connectivity index (χ3v) is 2.80. The van der Waals surface area contributed by atoms with Crippen LogP contribution in [0.2, 0.25) is 0 Å². The molecule has 0 radical (unpaired) electrons. The van der Waals surface area contributed by atoms with Crippen molar-refractivity contribution >= 4 is 17.4 Å². The number of benzene rings is 1. The average molecular weight is 217 g/mol. The van der Waals surface area contributed by atoms with Crippen molar-refractivity contribution < 1.29 is 0 Å².